The van der Waals surface area contributed by atoms with Crippen LogP contribution in [0.2, 0.25) is 5.02 Å². The van der Waals surface area contributed by atoms with Gasteiger partial charge in [-0.15, -0.1) is 0 Å². The Balaban J connectivity index is 1.88. The maximum atomic E-state index is 11.8. The highest BCUT2D eigenvalue weighted by Crippen LogP contribution is 2.27. The third-order valence-electron chi connectivity index (χ3n) is 3.02. The molecule has 2 rings (SSSR count). The lowest BCUT2D eigenvalue weighted by Gasteiger charge is -2.11. The molecule has 0 unspecified atom stereocenters. The van der Waals surface area contributed by atoms with Crippen LogP contribution in [0.5, 0.6) is 5.75 Å². The molecule has 0 saturated carbocycles. The molecule has 0 heterocycles. The Kier molecular flexibility index (Phi) is 6.19. The zero-order valence-electron chi connectivity index (χ0n) is 12.8. The second kappa shape index (κ2) is 8.13. The Morgan fingerprint density at radius 1 is 1.30 bits per heavy atom. The van der Waals surface area contributed by atoms with Crippen LogP contribution in [-0.2, 0) is 4.79 Å². The van der Waals surface area contributed by atoms with E-state index in [1.807, 2.05) is 38.1 Å². The molecule has 2 aromatic rings. The lowest BCUT2D eigenvalue weighted by molar-refractivity contribution is -0.123. The molecule has 1 amide bonds. The second-order valence-corrected chi connectivity index (χ2v) is 6.36. The van der Waals surface area contributed by atoms with Crippen LogP contribution in [0, 0.1) is 13.8 Å². The molecule has 0 spiro atoms. The molecule has 0 aromatic heterocycles. The van der Waals surface area contributed by atoms with Gasteiger partial charge >= 0.3 is 0 Å². The zero-order chi connectivity index (χ0) is 16.8. The Bertz CT molecular complexity index is 724. The molecule has 23 heavy (non-hydrogen) atoms. The minimum absolute atomic E-state index is 0.101. The summed E-state index contributed by atoms with van der Waals surface area (Å²) >= 11 is 9.30. The number of hydrazone groups is 1. The van der Waals surface area contributed by atoms with Crippen molar-refractivity contribution in [1.82, 2.24) is 5.43 Å². The van der Waals surface area contributed by atoms with Gasteiger partial charge in [0.25, 0.3) is 5.91 Å². The summed E-state index contributed by atoms with van der Waals surface area (Å²) in [6.45, 7) is 3.76. The Hall–Kier alpha value is -1.85. The maximum absolute atomic E-state index is 11.8. The fraction of sp³-hybridized carbons (Fsp3) is 0.176. The molecular formula is C17H16BrClN2O2. The van der Waals surface area contributed by atoms with E-state index in [2.05, 4.69) is 26.5 Å². The molecule has 0 radical (unpaired) electrons. The maximum Gasteiger partial charge on any atom is 0.277 e. The first-order valence-electron chi connectivity index (χ1n) is 6.92. The molecule has 2 aromatic carbocycles. The van der Waals surface area contributed by atoms with Gasteiger partial charge < -0.3 is 4.74 Å². The number of rotatable bonds is 5. The van der Waals surface area contributed by atoms with Gasteiger partial charge in [0.15, 0.2) is 6.61 Å². The number of nitrogens with zero attached hydrogens (tertiary/aromatic N) is 1. The summed E-state index contributed by atoms with van der Waals surface area (Å²) < 4.78 is 6.56. The van der Waals surface area contributed by atoms with Crippen molar-refractivity contribution in [3.63, 3.8) is 0 Å². The molecule has 120 valence electrons. The van der Waals surface area contributed by atoms with Crippen molar-refractivity contribution in [2.24, 2.45) is 5.10 Å². The van der Waals surface area contributed by atoms with E-state index < -0.39 is 0 Å². The van der Waals surface area contributed by atoms with Crippen molar-refractivity contribution < 1.29 is 9.53 Å². The number of benzene rings is 2. The summed E-state index contributed by atoms with van der Waals surface area (Å²) in [5.41, 5.74) is 5.16. The Labute approximate surface area is 148 Å². The highest BCUT2D eigenvalue weighted by Gasteiger charge is 2.08. The standard InChI is InChI=1S/C17H16BrClN2O2/c1-11-6-14(18)7-12(2)17(11)23-10-16(22)21-20-9-13-4-3-5-15(19)8-13/h3-9H,10H2,1-2H3,(H,21,22)/b20-9+. The zero-order valence-corrected chi connectivity index (χ0v) is 15.1. The van der Waals surface area contributed by atoms with Crippen molar-refractivity contribution in [2.75, 3.05) is 6.61 Å². The normalized spacial score (nSPS) is 10.8. The molecule has 4 nitrogen and oxygen atoms in total. The van der Waals surface area contributed by atoms with Gasteiger partial charge in [-0.2, -0.15) is 5.10 Å². The highest BCUT2D eigenvalue weighted by atomic mass is 79.9. The third-order valence-corrected chi connectivity index (χ3v) is 3.72. The van der Waals surface area contributed by atoms with Gasteiger partial charge in [0.2, 0.25) is 0 Å². The van der Waals surface area contributed by atoms with E-state index in [4.69, 9.17) is 16.3 Å². The van der Waals surface area contributed by atoms with E-state index in [1.54, 1.807) is 12.1 Å². The molecule has 0 aliphatic rings. The van der Waals surface area contributed by atoms with Crippen LogP contribution in [0.4, 0.5) is 0 Å². The van der Waals surface area contributed by atoms with E-state index >= 15 is 0 Å². The third kappa shape index (κ3) is 5.37. The van der Waals surface area contributed by atoms with Gasteiger partial charge in [-0.3, -0.25) is 4.79 Å². The smallest absolute Gasteiger partial charge is 0.277 e. The average Bonchev–Trinajstić information content (AvgIpc) is 2.46. The van der Waals surface area contributed by atoms with Crippen molar-refractivity contribution in [1.29, 1.82) is 0 Å². The average molecular weight is 396 g/mol. The van der Waals surface area contributed by atoms with Gasteiger partial charge in [0.1, 0.15) is 5.75 Å². The first-order chi connectivity index (χ1) is 11.0. The summed E-state index contributed by atoms with van der Waals surface area (Å²) in [6, 6.07) is 11.1. The Morgan fingerprint density at radius 2 is 2.00 bits per heavy atom. The largest absolute Gasteiger partial charge is 0.483 e. The number of carbonyl (C=O) groups excluding carboxylic acids is 1. The predicted molar refractivity (Wildman–Crippen MR) is 96.3 cm³/mol. The predicted octanol–water partition coefficient (Wildman–Crippen LogP) is 4.25. The van der Waals surface area contributed by atoms with E-state index in [-0.39, 0.29) is 12.5 Å². The number of nitrogens with one attached hydrogen (secondary N) is 1. The number of hydrogen-bond donors (Lipinski definition) is 1. The number of amides is 1. The number of carbonyl (C=O) groups is 1. The quantitative estimate of drug-likeness (QED) is 0.608. The molecule has 0 fully saturated rings. The summed E-state index contributed by atoms with van der Waals surface area (Å²) in [5.74, 6) is 0.382. The minimum Gasteiger partial charge on any atom is -0.483 e. The molecule has 0 aliphatic carbocycles. The fourth-order valence-electron chi connectivity index (χ4n) is 2.06. The van der Waals surface area contributed by atoms with Gasteiger partial charge in [-0.05, 0) is 54.8 Å². The van der Waals surface area contributed by atoms with Gasteiger partial charge in [0, 0.05) is 9.50 Å². The summed E-state index contributed by atoms with van der Waals surface area (Å²) in [4.78, 5) is 11.8. The lowest BCUT2D eigenvalue weighted by atomic mass is 10.1. The van der Waals surface area contributed by atoms with Crippen LogP contribution in [-0.4, -0.2) is 18.7 Å². The van der Waals surface area contributed by atoms with Crippen LogP contribution < -0.4 is 10.2 Å². The number of aryl methyl sites for hydroxylation is 2. The number of ether oxygens (including phenoxy) is 1. The SMILES string of the molecule is Cc1cc(Br)cc(C)c1OCC(=O)N/N=C/c1cccc(Cl)c1. The van der Waals surface area contributed by atoms with E-state index in [1.165, 1.54) is 6.21 Å². The minimum atomic E-state index is -0.329. The van der Waals surface area contributed by atoms with Crippen molar-refractivity contribution in [3.05, 3.63) is 62.6 Å². The monoisotopic (exact) mass is 394 g/mol. The van der Waals surface area contributed by atoms with E-state index in [9.17, 15) is 4.79 Å². The summed E-state index contributed by atoms with van der Waals surface area (Å²) in [7, 11) is 0. The van der Waals surface area contributed by atoms with Crippen LogP contribution >= 0.6 is 27.5 Å². The van der Waals surface area contributed by atoms with Gasteiger partial charge in [0.05, 0.1) is 6.21 Å². The topological polar surface area (TPSA) is 50.7 Å². The molecule has 0 aliphatic heterocycles. The van der Waals surface area contributed by atoms with Crippen molar-refractivity contribution >= 4 is 39.7 Å². The highest BCUT2D eigenvalue weighted by molar-refractivity contribution is 9.10. The van der Waals surface area contributed by atoms with Gasteiger partial charge in [-0.25, -0.2) is 5.43 Å². The van der Waals surface area contributed by atoms with Crippen LogP contribution in [0.25, 0.3) is 0 Å². The summed E-state index contributed by atoms with van der Waals surface area (Å²) in [5, 5.41) is 4.50. The molecular weight excluding hydrogens is 380 g/mol. The second-order valence-electron chi connectivity index (χ2n) is 5.01. The first kappa shape index (κ1) is 17.5. The molecule has 0 atom stereocenters. The fourth-order valence-corrected chi connectivity index (χ4v) is 2.95. The number of hydrogen-bond acceptors (Lipinski definition) is 3. The molecule has 6 heteroatoms. The number of halogens is 2. The van der Waals surface area contributed by atoms with Crippen molar-refractivity contribution in [2.45, 2.75) is 13.8 Å². The Morgan fingerprint density at radius 3 is 2.65 bits per heavy atom. The molecule has 1 N–H and O–H groups in total. The van der Waals surface area contributed by atoms with Crippen LogP contribution in [0.15, 0.2) is 46.0 Å². The van der Waals surface area contributed by atoms with E-state index in [0.717, 1.165) is 21.2 Å². The van der Waals surface area contributed by atoms with E-state index in [0.29, 0.717) is 10.8 Å². The first-order valence-corrected chi connectivity index (χ1v) is 8.10. The van der Waals surface area contributed by atoms with Crippen LogP contribution in [0.3, 0.4) is 0 Å². The van der Waals surface area contributed by atoms with Gasteiger partial charge in [-0.1, -0.05) is 39.7 Å². The molecule has 0 saturated heterocycles. The van der Waals surface area contributed by atoms with Crippen molar-refractivity contribution in [3.8, 4) is 5.75 Å². The van der Waals surface area contributed by atoms with Crippen LogP contribution in [0.1, 0.15) is 16.7 Å². The lowest BCUT2D eigenvalue weighted by Crippen LogP contribution is -2.25. The summed E-state index contributed by atoms with van der Waals surface area (Å²) in [6.07, 6.45) is 1.53. The molecule has 0 bridgehead atoms.